The Morgan fingerprint density at radius 3 is 2.70 bits per heavy atom. The molecule has 6 nitrogen and oxygen atoms in total. The summed E-state index contributed by atoms with van der Waals surface area (Å²) in [7, 11) is 0. The number of halogens is 1. The van der Waals surface area contributed by atoms with Gasteiger partial charge in [-0.1, -0.05) is 29.8 Å². The molecule has 0 bridgehead atoms. The van der Waals surface area contributed by atoms with Crippen molar-refractivity contribution in [2.75, 3.05) is 0 Å². The summed E-state index contributed by atoms with van der Waals surface area (Å²) in [5.74, 6) is -0.590. The minimum atomic E-state index is -0.631. The van der Waals surface area contributed by atoms with E-state index in [1.807, 2.05) is 18.2 Å². The SMILES string of the molecule is O=C(CCC1NC(=O)NC1=O)NCc1ccccc1Cl. The summed E-state index contributed by atoms with van der Waals surface area (Å²) in [6.45, 7) is 0.335. The third-order valence-electron chi connectivity index (χ3n) is 2.95. The van der Waals surface area contributed by atoms with Crippen LogP contribution in [0.1, 0.15) is 18.4 Å². The van der Waals surface area contributed by atoms with E-state index in [0.717, 1.165) is 5.56 Å². The average molecular weight is 296 g/mol. The lowest BCUT2D eigenvalue weighted by Crippen LogP contribution is -2.31. The molecule has 1 saturated heterocycles. The van der Waals surface area contributed by atoms with Gasteiger partial charge in [-0.2, -0.15) is 0 Å². The van der Waals surface area contributed by atoms with E-state index < -0.39 is 18.0 Å². The Morgan fingerprint density at radius 2 is 2.05 bits per heavy atom. The molecule has 4 amide bonds. The van der Waals surface area contributed by atoms with Gasteiger partial charge in [0.2, 0.25) is 5.91 Å². The third kappa shape index (κ3) is 3.71. The molecule has 1 aliphatic heterocycles. The maximum Gasteiger partial charge on any atom is 0.322 e. The van der Waals surface area contributed by atoms with E-state index in [2.05, 4.69) is 16.0 Å². The first-order chi connectivity index (χ1) is 9.56. The summed E-state index contributed by atoms with van der Waals surface area (Å²) in [5, 5.41) is 7.87. The first-order valence-corrected chi connectivity index (χ1v) is 6.55. The summed E-state index contributed by atoms with van der Waals surface area (Å²) in [6, 6.07) is 6.08. The smallest absolute Gasteiger partial charge is 0.322 e. The maximum absolute atomic E-state index is 11.7. The van der Waals surface area contributed by atoms with Gasteiger partial charge in [0, 0.05) is 18.0 Å². The van der Waals surface area contributed by atoms with E-state index >= 15 is 0 Å². The van der Waals surface area contributed by atoms with Gasteiger partial charge in [0.1, 0.15) is 6.04 Å². The van der Waals surface area contributed by atoms with Crippen LogP contribution in [-0.2, 0) is 16.1 Å². The van der Waals surface area contributed by atoms with Gasteiger partial charge < -0.3 is 10.6 Å². The second-order valence-electron chi connectivity index (χ2n) is 4.42. The van der Waals surface area contributed by atoms with Crippen LogP contribution in [0.3, 0.4) is 0 Å². The molecule has 20 heavy (non-hydrogen) atoms. The zero-order valence-corrected chi connectivity index (χ0v) is 11.4. The van der Waals surface area contributed by atoms with Gasteiger partial charge >= 0.3 is 6.03 Å². The maximum atomic E-state index is 11.7. The fraction of sp³-hybridized carbons (Fsp3) is 0.308. The molecule has 106 valence electrons. The summed E-state index contributed by atoms with van der Waals surface area (Å²) in [5.41, 5.74) is 0.828. The molecule has 1 aromatic carbocycles. The predicted molar refractivity (Wildman–Crippen MR) is 73.0 cm³/mol. The molecular formula is C13H14ClN3O3. The fourth-order valence-electron chi connectivity index (χ4n) is 1.86. The van der Waals surface area contributed by atoms with Crippen molar-refractivity contribution < 1.29 is 14.4 Å². The molecule has 2 rings (SSSR count). The fourth-order valence-corrected chi connectivity index (χ4v) is 2.06. The normalized spacial score (nSPS) is 17.6. The van der Waals surface area contributed by atoms with Crippen molar-refractivity contribution in [3.8, 4) is 0 Å². The average Bonchev–Trinajstić information content (AvgIpc) is 2.74. The van der Waals surface area contributed by atoms with Crippen LogP contribution in [0.2, 0.25) is 5.02 Å². The summed E-state index contributed by atoms with van der Waals surface area (Å²) < 4.78 is 0. The van der Waals surface area contributed by atoms with Crippen LogP contribution in [0, 0.1) is 0 Å². The highest BCUT2D eigenvalue weighted by atomic mass is 35.5. The van der Waals surface area contributed by atoms with Crippen LogP contribution < -0.4 is 16.0 Å². The first-order valence-electron chi connectivity index (χ1n) is 6.17. The summed E-state index contributed by atoms with van der Waals surface area (Å²) >= 11 is 5.97. The van der Waals surface area contributed by atoms with Crippen LogP contribution in [0.5, 0.6) is 0 Å². The molecule has 7 heteroatoms. The van der Waals surface area contributed by atoms with Gasteiger partial charge in [0.05, 0.1) is 0 Å². The quantitative estimate of drug-likeness (QED) is 0.707. The van der Waals surface area contributed by atoms with Crippen LogP contribution in [-0.4, -0.2) is 23.9 Å². The molecule has 0 aliphatic carbocycles. The summed E-state index contributed by atoms with van der Waals surface area (Å²) in [6.07, 6.45) is 0.425. The van der Waals surface area contributed by atoms with Gasteiger partial charge in [-0.25, -0.2) is 4.79 Å². The molecule has 1 atom stereocenters. The number of rotatable bonds is 5. The number of nitrogens with one attached hydrogen (secondary N) is 3. The molecule has 0 saturated carbocycles. The Labute approximate surface area is 120 Å². The largest absolute Gasteiger partial charge is 0.352 e. The van der Waals surface area contributed by atoms with Gasteiger partial charge in [-0.15, -0.1) is 0 Å². The lowest BCUT2D eigenvalue weighted by molar-refractivity contribution is -0.122. The molecule has 1 unspecified atom stereocenters. The number of carbonyl (C=O) groups is 3. The van der Waals surface area contributed by atoms with Gasteiger partial charge in [0.15, 0.2) is 0 Å². The van der Waals surface area contributed by atoms with Crippen molar-refractivity contribution in [3.63, 3.8) is 0 Å². The number of amides is 4. The molecule has 0 radical (unpaired) electrons. The number of carbonyl (C=O) groups excluding carboxylic acids is 3. The van der Waals surface area contributed by atoms with Crippen LogP contribution >= 0.6 is 11.6 Å². The van der Waals surface area contributed by atoms with Crippen molar-refractivity contribution in [3.05, 3.63) is 34.9 Å². The second kappa shape index (κ2) is 6.38. The molecule has 1 aliphatic rings. The van der Waals surface area contributed by atoms with Crippen LogP contribution in [0.25, 0.3) is 0 Å². The monoisotopic (exact) mass is 295 g/mol. The molecule has 0 aromatic heterocycles. The highest BCUT2D eigenvalue weighted by molar-refractivity contribution is 6.31. The first kappa shape index (κ1) is 14.3. The van der Waals surface area contributed by atoms with E-state index in [4.69, 9.17) is 11.6 Å². The van der Waals surface area contributed by atoms with Gasteiger partial charge in [-0.3, -0.25) is 14.9 Å². The number of imide groups is 1. The Balaban J connectivity index is 1.75. The highest BCUT2D eigenvalue weighted by Gasteiger charge is 2.29. The molecule has 1 fully saturated rings. The molecule has 0 spiro atoms. The number of urea groups is 1. The lowest BCUT2D eigenvalue weighted by atomic mass is 10.1. The van der Waals surface area contributed by atoms with Crippen molar-refractivity contribution in [2.45, 2.75) is 25.4 Å². The molecule has 1 heterocycles. The minimum Gasteiger partial charge on any atom is -0.352 e. The Hall–Kier alpha value is -2.08. The van der Waals surface area contributed by atoms with Gasteiger partial charge in [0.25, 0.3) is 5.91 Å². The summed E-state index contributed by atoms with van der Waals surface area (Å²) in [4.78, 5) is 33.9. The molecule has 3 N–H and O–H groups in total. The Kier molecular flexibility index (Phi) is 4.57. The number of hydrogen-bond donors (Lipinski definition) is 3. The standard InChI is InChI=1S/C13H14ClN3O3/c14-9-4-2-1-3-8(9)7-15-11(18)6-5-10-12(19)17-13(20)16-10/h1-4,10H,5-7H2,(H,15,18)(H2,16,17,19,20). The second-order valence-corrected chi connectivity index (χ2v) is 4.83. The Morgan fingerprint density at radius 1 is 1.30 bits per heavy atom. The van der Waals surface area contributed by atoms with Crippen LogP contribution in [0.4, 0.5) is 4.79 Å². The number of benzene rings is 1. The lowest BCUT2D eigenvalue weighted by Gasteiger charge is -2.09. The van der Waals surface area contributed by atoms with Crippen molar-refractivity contribution in [2.24, 2.45) is 0 Å². The molecule has 1 aromatic rings. The third-order valence-corrected chi connectivity index (χ3v) is 3.32. The van der Waals surface area contributed by atoms with E-state index in [1.54, 1.807) is 6.07 Å². The van der Waals surface area contributed by atoms with Crippen molar-refractivity contribution in [1.29, 1.82) is 0 Å². The van der Waals surface area contributed by atoms with Crippen molar-refractivity contribution >= 4 is 29.4 Å². The highest BCUT2D eigenvalue weighted by Crippen LogP contribution is 2.14. The molecular weight excluding hydrogens is 282 g/mol. The van der Waals surface area contributed by atoms with E-state index in [1.165, 1.54) is 0 Å². The van der Waals surface area contributed by atoms with Crippen molar-refractivity contribution in [1.82, 2.24) is 16.0 Å². The Bertz CT molecular complexity index is 547. The van der Waals surface area contributed by atoms with Gasteiger partial charge in [-0.05, 0) is 18.1 Å². The predicted octanol–water partition coefficient (Wildman–Crippen LogP) is 0.944. The van der Waals surface area contributed by atoms with E-state index in [9.17, 15) is 14.4 Å². The zero-order chi connectivity index (χ0) is 14.5. The zero-order valence-electron chi connectivity index (χ0n) is 10.6. The van der Waals surface area contributed by atoms with E-state index in [-0.39, 0.29) is 18.7 Å². The minimum absolute atomic E-state index is 0.156. The topological polar surface area (TPSA) is 87.3 Å². The van der Waals surface area contributed by atoms with Crippen LogP contribution in [0.15, 0.2) is 24.3 Å². The van der Waals surface area contributed by atoms with E-state index in [0.29, 0.717) is 11.6 Å². The number of hydrogen-bond acceptors (Lipinski definition) is 3.